The lowest BCUT2D eigenvalue weighted by atomic mass is 10.1. The number of carbonyl (C=O) groups is 1. The molecular formula is C13H25N3O. The van der Waals surface area contributed by atoms with Crippen molar-refractivity contribution in [3.05, 3.63) is 0 Å². The minimum absolute atomic E-state index is 0.146. The first-order valence-electron chi connectivity index (χ1n) is 6.88. The second kappa shape index (κ2) is 5.83. The Morgan fingerprint density at radius 2 is 2.00 bits per heavy atom. The van der Waals surface area contributed by atoms with Crippen molar-refractivity contribution in [2.45, 2.75) is 44.2 Å². The molecule has 1 N–H and O–H groups in total. The maximum Gasteiger partial charge on any atom is 0.239 e. The molecule has 0 spiro atoms. The third-order valence-corrected chi connectivity index (χ3v) is 4.03. The number of hydrogen-bond acceptors (Lipinski definition) is 3. The van der Waals surface area contributed by atoms with E-state index in [4.69, 9.17) is 0 Å². The van der Waals surface area contributed by atoms with Crippen molar-refractivity contribution in [3.63, 3.8) is 0 Å². The summed E-state index contributed by atoms with van der Waals surface area (Å²) in [6, 6.07) is 0.759. The molecule has 0 aromatic heterocycles. The predicted molar refractivity (Wildman–Crippen MR) is 68.9 cm³/mol. The van der Waals surface area contributed by atoms with Crippen molar-refractivity contribution >= 4 is 5.91 Å². The normalized spacial score (nSPS) is 31.2. The van der Waals surface area contributed by atoms with Crippen LogP contribution in [-0.2, 0) is 4.79 Å². The van der Waals surface area contributed by atoms with Crippen LogP contribution in [0.5, 0.6) is 0 Å². The van der Waals surface area contributed by atoms with Crippen LogP contribution in [-0.4, -0.2) is 61.5 Å². The molecule has 4 nitrogen and oxygen atoms in total. The lowest BCUT2D eigenvalue weighted by Gasteiger charge is -2.32. The fourth-order valence-corrected chi connectivity index (χ4v) is 3.12. The number of likely N-dealkylation sites (tertiary alicyclic amines) is 1. The predicted octanol–water partition coefficient (Wildman–Crippen LogP) is 0.681. The number of likely N-dealkylation sites (N-methyl/N-ethyl adjacent to an activating group) is 1. The minimum atomic E-state index is 0.146. The lowest BCUT2D eigenvalue weighted by Crippen LogP contribution is -2.47. The Hall–Kier alpha value is -0.610. The van der Waals surface area contributed by atoms with E-state index >= 15 is 0 Å². The smallest absolute Gasteiger partial charge is 0.239 e. The molecule has 0 aliphatic carbocycles. The summed E-state index contributed by atoms with van der Waals surface area (Å²) in [7, 11) is 3.74. The van der Waals surface area contributed by atoms with Crippen LogP contribution in [0.1, 0.15) is 32.1 Å². The SMILES string of the molecule is CN(C)C(=O)C1CCCN1C1CCCNCC1. The summed E-state index contributed by atoms with van der Waals surface area (Å²) < 4.78 is 0. The Bertz CT molecular complexity index is 259. The monoisotopic (exact) mass is 239 g/mol. The highest BCUT2D eigenvalue weighted by molar-refractivity contribution is 5.81. The van der Waals surface area contributed by atoms with Crippen LogP contribution in [0.3, 0.4) is 0 Å². The van der Waals surface area contributed by atoms with Gasteiger partial charge in [-0.3, -0.25) is 9.69 Å². The largest absolute Gasteiger partial charge is 0.347 e. The van der Waals surface area contributed by atoms with E-state index in [-0.39, 0.29) is 6.04 Å². The molecule has 2 atom stereocenters. The molecule has 4 heteroatoms. The molecule has 0 radical (unpaired) electrons. The van der Waals surface area contributed by atoms with Gasteiger partial charge in [0.15, 0.2) is 0 Å². The van der Waals surface area contributed by atoms with Crippen LogP contribution in [0.2, 0.25) is 0 Å². The van der Waals surface area contributed by atoms with E-state index in [9.17, 15) is 4.79 Å². The second-order valence-corrected chi connectivity index (χ2v) is 5.46. The quantitative estimate of drug-likeness (QED) is 0.770. The minimum Gasteiger partial charge on any atom is -0.347 e. The summed E-state index contributed by atoms with van der Waals surface area (Å²) in [5.74, 6) is 0.291. The molecule has 0 saturated carbocycles. The Balaban J connectivity index is 2.00. The average molecular weight is 239 g/mol. The van der Waals surface area contributed by atoms with E-state index in [0.29, 0.717) is 11.9 Å². The van der Waals surface area contributed by atoms with Gasteiger partial charge in [0.2, 0.25) is 5.91 Å². The van der Waals surface area contributed by atoms with Gasteiger partial charge in [0.1, 0.15) is 0 Å². The molecule has 2 saturated heterocycles. The maximum absolute atomic E-state index is 12.2. The van der Waals surface area contributed by atoms with Gasteiger partial charge in [-0.2, -0.15) is 0 Å². The summed E-state index contributed by atoms with van der Waals surface area (Å²) in [6.45, 7) is 3.34. The molecule has 1 amide bonds. The van der Waals surface area contributed by atoms with Gasteiger partial charge in [-0.25, -0.2) is 0 Å². The average Bonchev–Trinajstić information content (AvgIpc) is 2.63. The van der Waals surface area contributed by atoms with Crippen LogP contribution < -0.4 is 5.32 Å². The van der Waals surface area contributed by atoms with Gasteiger partial charge in [-0.15, -0.1) is 0 Å². The van der Waals surface area contributed by atoms with E-state index in [1.54, 1.807) is 4.90 Å². The molecule has 2 aliphatic heterocycles. The number of hydrogen-bond donors (Lipinski definition) is 1. The van der Waals surface area contributed by atoms with Gasteiger partial charge in [0.05, 0.1) is 6.04 Å². The number of amides is 1. The van der Waals surface area contributed by atoms with Gasteiger partial charge in [-0.1, -0.05) is 0 Å². The van der Waals surface area contributed by atoms with Crippen LogP contribution in [0.15, 0.2) is 0 Å². The van der Waals surface area contributed by atoms with E-state index in [0.717, 1.165) is 26.1 Å². The zero-order chi connectivity index (χ0) is 12.3. The molecule has 0 aromatic carbocycles. The highest BCUT2D eigenvalue weighted by Crippen LogP contribution is 2.25. The summed E-state index contributed by atoms with van der Waals surface area (Å²) >= 11 is 0. The topological polar surface area (TPSA) is 35.6 Å². The molecule has 2 rings (SSSR count). The Kier molecular flexibility index (Phi) is 4.40. The molecule has 2 heterocycles. The van der Waals surface area contributed by atoms with E-state index in [2.05, 4.69) is 10.2 Å². The molecule has 98 valence electrons. The molecule has 2 unspecified atom stereocenters. The van der Waals surface area contributed by atoms with Crippen molar-refractivity contribution in [2.75, 3.05) is 33.7 Å². The van der Waals surface area contributed by atoms with Crippen LogP contribution >= 0.6 is 0 Å². The Morgan fingerprint density at radius 1 is 1.18 bits per heavy atom. The number of nitrogens with zero attached hydrogens (tertiary/aromatic N) is 2. The summed E-state index contributed by atoms with van der Waals surface area (Å²) in [5.41, 5.74) is 0. The van der Waals surface area contributed by atoms with Gasteiger partial charge in [0, 0.05) is 20.1 Å². The highest BCUT2D eigenvalue weighted by atomic mass is 16.2. The first-order valence-corrected chi connectivity index (χ1v) is 6.88. The van der Waals surface area contributed by atoms with Crippen molar-refractivity contribution in [2.24, 2.45) is 0 Å². The lowest BCUT2D eigenvalue weighted by molar-refractivity contribution is -0.134. The Morgan fingerprint density at radius 3 is 2.76 bits per heavy atom. The maximum atomic E-state index is 12.2. The molecule has 2 fully saturated rings. The van der Waals surface area contributed by atoms with E-state index < -0.39 is 0 Å². The molecular weight excluding hydrogens is 214 g/mol. The second-order valence-electron chi connectivity index (χ2n) is 5.46. The fourth-order valence-electron chi connectivity index (χ4n) is 3.12. The molecule has 0 aromatic rings. The van der Waals surface area contributed by atoms with Crippen LogP contribution in [0.25, 0.3) is 0 Å². The fraction of sp³-hybridized carbons (Fsp3) is 0.923. The molecule has 17 heavy (non-hydrogen) atoms. The van der Waals surface area contributed by atoms with Gasteiger partial charge in [0.25, 0.3) is 0 Å². The number of nitrogens with one attached hydrogen (secondary N) is 1. The first kappa shape index (κ1) is 12.8. The van der Waals surface area contributed by atoms with Gasteiger partial charge < -0.3 is 10.2 Å². The van der Waals surface area contributed by atoms with E-state index in [1.807, 2.05) is 14.1 Å². The summed E-state index contributed by atoms with van der Waals surface area (Å²) in [4.78, 5) is 16.4. The van der Waals surface area contributed by atoms with Crippen molar-refractivity contribution in [3.8, 4) is 0 Å². The first-order chi connectivity index (χ1) is 8.20. The van der Waals surface area contributed by atoms with Gasteiger partial charge >= 0.3 is 0 Å². The number of carbonyl (C=O) groups excluding carboxylic acids is 1. The van der Waals surface area contributed by atoms with Crippen molar-refractivity contribution in [1.82, 2.24) is 15.1 Å². The van der Waals surface area contributed by atoms with Crippen LogP contribution in [0, 0.1) is 0 Å². The van der Waals surface area contributed by atoms with Crippen molar-refractivity contribution < 1.29 is 4.79 Å². The van der Waals surface area contributed by atoms with Crippen LogP contribution in [0.4, 0.5) is 0 Å². The summed E-state index contributed by atoms with van der Waals surface area (Å²) in [6.07, 6.45) is 5.89. The zero-order valence-electron chi connectivity index (χ0n) is 11.1. The van der Waals surface area contributed by atoms with Crippen molar-refractivity contribution in [1.29, 1.82) is 0 Å². The highest BCUT2D eigenvalue weighted by Gasteiger charge is 2.35. The zero-order valence-corrected chi connectivity index (χ0v) is 11.1. The van der Waals surface area contributed by atoms with E-state index in [1.165, 1.54) is 25.7 Å². The van der Waals surface area contributed by atoms with Gasteiger partial charge in [-0.05, 0) is 51.7 Å². The Labute approximate surface area is 104 Å². The third kappa shape index (κ3) is 2.99. The number of rotatable bonds is 2. The molecule has 2 aliphatic rings. The summed E-state index contributed by atoms with van der Waals surface area (Å²) in [5, 5.41) is 3.45. The third-order valence-electron chi connectivity index (χ3n) is 4.03. The standard InChI is InChI=1S/C13H25N3O/c1-15(2)13(17)12-6-4-10-16(12)11-5-3-8-14-9-7-11/h11-12,14H,3-10H2,1-2H3. The molecule has 0 bridgehead atoms.